The number of aryl methyl sites for hydroxylation is 2. The fourth-order valence-corrected chi connectivity index (χ4v) is 3.25. The number of tetrazole rings is 1. The summed E-state index contributed by atoms with van der Waals surface area (Å²) in [6.07, 6.45) is 4.60. The van der Waals surface area contributed by atoms with E-state index in [1.54, 1.807) is 25.1 Å². The predicted octanol–water partition coefficient (Wildman–Crippen LogP) is 3.94. The summed E-state index contributed by atoms with van der Waals surface area (Å²) in [5, 5.41) is 11.6. The molecule has 0 saturated carbocycles. The third kappa shape index (κ3) is 7.23. The van der Waals surface area contributed by atoms with Crippen LogP contribution in [-0.2, 0) is 23.9 Å². The zero-order chi connectivity index (χ0) is 23.8. The third-order valence-electron chi connectivity index (χ3n) is 5.05. The average molecular weight is 458 g/mol. The monoisotopic (exact) mass is 458 g/mol. The lowest BCUT2D eigenvalue weighted by Crippen LogP contribution is -2.25. The molecule has 3 aromatic rings. The van der Waals surface area contributed by atoms with Crippen LogP contribution in [0.25, 0.3) is 6.08 Å². The quantitative estimate of drug-likeness (QED) is 0.359. The molecule has 0 bridgehead atoms. The topological polar surface area (TPSA) is 76.8 Å². The molecule has 0 aliphatic carbocycles. The fraction of sp³-hybridized carbons (Fsp3) is 0.348. The van der Waals surface area contributed by atoms with E-state index in [1.165, 1.54) is 23.0 Å². The Labute approximate surface area is 189 Å². The normalized spacial score (nSPS) is 11.8. The number of hydrogen-bond acceptors (Lipinski definition) is 5. The van der Waals surface area contributed by atoms with Gasteiger partial charge in [0, 0.05) is 32.1 Å². The van der Waals surface area contributed by atoms with Crippen molar-refractivity contribution in [1.82, 2.24) is 30.1 Å². The van der Waals surface area contributed by atoms with Crippen LogP contribution in [0.4, 0.5) is 13.2 Å². The zero-order valence-electron chi connectivity index (χ0n) is 18.5. The molecule has 0 spiro atoms. The van der Waals surface area contributed by atoms with Gasteiger partial charge >= 0.3 is 6.18 Å². The summed E-state index contributed by atoms with van der Waals surface area (Å²) >= 11 is 0. The summed E-state index contributed by atoms with van der Waals surface area (Å²) in [7, 11) is 1.70. The van der Waals surface area contributed by atoms with Crippen LogP contribution in [0, 0.1) is 6.92 Å². The number of rotatable bonds is 9. The molecule has 1 amide bonds. The van der Waals surface area contributed by atoms with Gasteiger partial charge in [0.15, 0.2) is 5.82 Å². The van der Waals surface area contributed by atoms with Crippen LogP contribution in [0.1, 0.15) is 40.9 Å². The number of alkyl halides is 3. The third-order valence-corrected chi connectivity index (χ3v) is 5.05. The largest absolute Gasteiger partial charge is 0.416 e. The van der Waals surface area contributed by atoms with Gasteiger partial charge < -0.3 is 4.90 Å². The first-order valence-corrected chi connectivity index (χ1v) is 10.5. The number of carbonyl (C=O) groups excluding carboxylic acids is 1. The van der Waals surface area contributed by atoms with Gasteiger partial charge in [-0.3, -0.25) is 9.78 Å². The van der Waals surface area contributed by atoms with Gasteiger partial charge in [-0.1, -0.05) is 12.1 Å². The van der Waals surface area contributed by atoms with Gasteiger partial charge in [0.05, 0.1) is 12.1 Å². The molecule has 0 aliphatic heterocycles. The van der Waals surface area contributed by atoms with Gasteiger partial charge in [-0.25, -0.2) is 0 Å². The van der Waals surface area contributed by atoms with Crippen molar-refractivity contribution in [1.29, 1.82) is 0 Å². The molecule has 0 fully saturated rings. The van der Waals surface area contributed by atoms with E-state index < -0.39 is 11.7 Å². The van der Waals surface area contributed by atoms with Crippen LogP contribution in [0.15, 0.2) is 48.8 Å². The lowest BCUT2D eigenvalue weighted by Gasteiger charge is -2.15. The minimum Gasteiger partial charge on any atom is -0.342 e. The molecule has 33 heavy (non-hydrogen) atoms. The zero-order valence-corrected chi connectivity index (χ0v) is 18.5. The molecule has 3 rings (SSSR count). The van der Waals surface area contributed by atoms with Crippen molar-refractivity contribution in [2.45, 2.75) is 38.9 Å². The molecule has 0 aliphatic rings. The van der Waals surface area contributed by atoms with Crippen LogP contribution >= 0.6 is 0 Å². The maximum Gasteiger partial charge on any atom is 0.416 e. The van der Waals surface area contributed by atoms with Gasteiger partial charge in [0.1, 0.15) is 0 Å². The molecular weight excluding hydrogens is 433 g/mol. The summed E-state index contributed by atoms with van der Waals surface area (Å²) in [6, 6.07) is 7.30. The van der Waals surface area contributed by atoms with Crippen molar-refractivity contribution < 1.29 is 18.0 Å². The summed E-state index contributed by atoms with van der Waals surface area (Å²) in [4.78, 5) is 19.4. The standard InChI is InChI=1S/C23H25F3N6O/c1-17-28-30-32(29-17)16-20-14-21(23(24,25)26)10-8-19(20)9-11-22(33)31(2)13-4-3-6-18-7-5-12-27-15-18/h5,7-12,14-15H,3-4,6,13,16H2,1-2H3/b11-9+. The van der Waals surface area contributed by atoms with E-state index in [1.807, 2.05) is 18.3 Å². The molecule has 2 heterocycles. The predicted molar refractivity (Wildman–Crippen MR) is 117 cm³/mol. The molecule has 7 nitrogen and oxygen atoms in total. The first kappa shape index (κ1) is 24.1. The SMILES string of the molecule is Cc1nnn(Cc2cc(C(F)(F)F)ccc2/C=C/C(=O)N(C)CCCCc2cccnc2)n1. The van der Waals surface area contributed by atoms with Gasteiger partial charge in [-0.2, -0.15) is 18.0 Å². The Morgan fingerprint density at radius 2 is 2.03 bits per heavy atom. The number of pyridine rings is 1. The maximum atomic E-state index is 13.2. The van der Waals surface area contributed by atoms with Crippen LogP contribution < -0.4 is 0 Å². The van der Waals surface area contributed by atoms with Crippen LogP contribution in [0.2, 0.25) is 0 Å². The van der Waals surface area contributed by atoms with Gasteiger partial charge in [0.2, 0.25) is 5.91 Å². The van der Waals surface area contributed by atoms with Gasteiger partial charge in [-0.05, 0) is 72.4 Å². The van der Waals surface area contributed by atoms with Crippen molar-refractivity contribution >= 4 is 12.0 Å². The van der Waals surface area contributed by atoms with E-state index in [4.69, 9.17) is 0 Å². The lowest BCUT2D eigenvalue weighted by atomic mass is 10.0. The second kappa shape index (κ2) is 10.8. The number of benzene rings is 1. The second-order valence-electron chi connectivity index (χ2n) is 7.69. The Kier molecular flexibility index (Phi) is 7.92. The summed E-state index contributed by atoms with van der Waals surface area (Å²) in [5.74, 6) is 0.191. The minimum atomic E-state index is -4.48. The number of likely N-dealkylation sites (N-methyl/N-ethyl adjacent to an activating group) is 1. The highest BCUT2D eigenvalue weighted by atomic mass is 19.4. The lowest BCUT2D eigenvalue weighted by molar-refractivity contribution is -0.137. The molecule has 10 heteroatoms. The number of amides is 1. The number of unbranched alkanes of at least 4 members (excludes halogenated alkanes) is 1. The number of aromatic nitrogens is 5. The summed E-state index contributed by atoms with van der Waals surface area (Å²) in [5.41, 5.74) is 1.20. The second-order valence-corrected chi connectivity index (χ2v) is 7.69. The van der Waals surface area contributed by atoms with E-state index in [2.05, 4.69) is 20.4 Å². The maximum absolute atomic E-state index is 13.2. The first-order valence-electron chi connectivity index (χ1n) is 10.5. The smallest absolute Gasteiger partial charge is 0.342 e. The molecule has 2 aromatic heterocycles. The first-order chi connectivity index (χ1) is 15.7. The van der Waals surface area contributed by atoms with Crippen LogP contribution in [-0.4, -0.2) is 49.6 Å². The fourth-order valence-electron chi connectivity index (χ4n) is 3.25. The highest BCUT2D eigenvalue weighted by molar-refractivity contribution is 5.91. The van der Waals surface area contributed by atoms with E-state index in [0.29, 0.717) is 23.5 Å². The van der Waals surface area contributed by atoms with E-state index >= 15 is 0 Å². The number of nitrogens with zero attached hydrogens (tertiary/aromatic N) is 6. The Morgan fingerprint density at radius 3 is 2.70 bits per heavy atom. The minimum absolute atomic E-state index is 0.00278. The highest BCUT2D eigenvalue weighted by Gasteiger charge is 2.31. The molecule has 174 valence electrons. The molecule has 0 atom stereocenters. The van der Waals surface area contributed by atoms with Crippen molar-refractivity contribution in [3.63, 3.8) is 0 Å². The van der Waals surface area contributed by atoms with E-state index in [9.17, 15) is 18.0 Å². The van der Waals surface area contributed by atoms with Crippen LogP contribution in [0.5, 0.6) is 0 Å². The van der Waals surface area contributed by atoms with Crippen molar-refractivity contribution in [3.8, 4) is 0 Å². The number of hydrogen-bond donors (Lipinski definition) is 0. The van der Waals surface area contributed by atoms with E-state index in [-0.39, 0.29) is 12.5 Å². The highest BCUT2D eigenvalue weighted by Crippen LogP contribution is 2.31. The molecule has 0 unspecified atom stereocenters. The number of carbonyl (C=O) groups is 1. The summed E-state index contributed by atoms with van der Waals surface area (Å²) in [6.45, 7) is 2.22. The summed E-state index contributed by atoms with van der Waals surface area (Å²) < 4.78 is 39.6. The Bertz CT molecular complexity index is 1100. The molecule has 1 aromatic carbocycles. The van der Waals surface area contributed by atoms with Crippen molar-refractivity contribution in [3.05, 3.63) is 76.9 Å². The molecular formula is C23H25F3N6O. The molecule has 0 saturated heterocycles. The molecule has 0 N–H and O–H groups in total. The van der Waals surface area contributed by atoms with Gasteiger partial charge in [-0.15, -0.1) is 10.2 Å². The van der Waals surface area contributed by atoms with Crippen molar-refractivity contribution in [2.24, 2.45) is 0 Å². The molecule has 0 radical (unpaired) electrons. The Hall–Kier alpha value is -3.56. The van der Waals surface area contributed by atoms with Crippen LogP contribution in [0.3, 0.4) is 0 Å². The average Bonchev–Trinajstić information content (AvgIpc) is 3.20. The Balaban J connectivity index is 1.63. The number of halogens is 3. The van der Waals surface area contributed by atoms with E-state index in [0.717, 1.165) is 37.0 Å². The van der Waals surface area contributed by atoms with Crippen molar-refractivity contribution in [2.75, 3.05) is 13.6 Å². The Morgan fingerprint density at radius 1 is 1.21 bits per heavy atom. The van der Waals surface area contributed by atoms with Gasteiger partial charge in [0.25, 0.3) is 0 Å².